The molecule has 5 aromatic rings. The van der Waals surface area contributed by atoms with Crippen LogP contribution in [0.4, 0.5) is 0 Å². The third kappa shape index (κ3) is 5.05. The quantitative estimate of drug-likeness (QED) is 0.150. The van der Waals surface area contributed by atoms with Crippen molar-refractivity contribution in [1.29, 1.82) is 0 Å². The molecule has 3 aromatic heterocycles. The molecular formula is C33H31N5O4. The summed E-state index contributed by atoms with van der Waals surface area (Å²) in [6.07, 6.45) is 7.74. The lowest BCUT2D eigenvalue weighted by molar-refractivity contribution is -0.139. The Morgan fingerprint density at radius 3 is 2.45 bits per heavy atom. The minimum absolute atomic E-state index is 0.0322. The van der Waals surface area contributed by atoms with Crippen LogP contribution in [0.5, 0.6) is 5.75 Å². The average molecular weight is 562 g/mol. The van der Waals surface area contributed by atoms with Crippen molar-refractivity contribution in [2.24, 2.45) is 0 Å². The predicted octanol–water partition coefficient (Wildman–Crippen LogP) is 5.24. The zero-order chi connectivity index (χ0) is 29.2. The Morgan fingerprint density at radius 2 is 1.74 bits per heavy atom. The number of fused-ring (bicyclic) bond motifs is 1. The molecule has 212 valence electrons. The first-order valence-electron chi connectivity index (χ1n) is 13.9. The van der Waals surface area contributed by atoms with Crippen LogP contribution in [0.3, 0.4) is 0 Å². The first-order chi connectivity index (χ1) is 20.4. The van der Waals surface area contributed by atoms with Crippen molar-refractivity contribution in [3.05, 3.63) is 125 Å². The van der Waals surface area contributed by atoms with Gasteiger partial charge in [0.2, 0.25) is 0 Å². The van der Waals surface area contributed by atoms with E-state index in [1.54, 1.807) is 17.4 Å². The van der Waals surface area contributed by atoms with E-state index in [0.717, 1.165) is 11.1 Å². The average Bonchev–Trinajstić information content (AvgIpc) is 3.71. The van der Waals surface area contributed by atoms with Gasteiger partial charge in [-0.15, -0.1) is 0 Å². The number of hydrogen-bond acceptors (Lipinski definition) is 6. The molecule has 0 bridgehead atoms. The van der Waals surface area contributed by atoms with Crippen LogP contribution in [0.25, 0.3) is 11.4 Å². The molecule has 1 atom stereocenters. The standard InChI is InChI=1S/C33H31N5O4/c1-22-8-6-17-37-23(2)28(35-32(22)37)30(39)27-29(38(33(41)31(27)40)18-7-16-36-19-15-34-21-36)25-11-13-26(14-12-25)42-20-24-9-4-3-5-10-24/h3-6,8-15,17,19,21,29,39H,7,16,18,20H2,1-2H3/b30-27+. The van der Waals surface area contributed by atoms with Gasteiger partial charge in [0.1, 0.15) is 23.7 Å². The van der Waals surface area contributed by atoms with E-state index in [0.29, 0.717) is 48.8 Å². The maximum atomic E-state index is 13.5. The van der Waals surface area contributed by atoms with E-state index in [-0.39, 0.29) is 17.0 Å². The van der Waals surface area contributed by atoms with E-state index in [1.165, 1.54) is 0 Å². The molecule has 0 saturated carbocycles. The molecular weight excluding hydrogens is 530 g/mol. The SMILES string of the molecule is Cc1cccn2c(C)c(/C(O)=C3\C(=O)C(=O)N(CCCn4ccnc4)C3c3ccc(OCc4ccccc4)cc3)nc12. The molecule has 0 radical (unpaired) electrons. The molecule has 4 heterocycles. The molecule has 6 rings (SSSR count). The second-order valence-electron chi connectivity index (χ2n) is 10.4. The Kier molecular flexibility index (Phi) is 7.31. The van der Waals surface area contributed by atoms with Gasteiger partial charge in [0, 0.05) is 31.7 Å². The topological polar surface area (TPSA) is 102 Å². The van der Waals surface area contributed by atoms with Gasteiger partial charge in [-0.1, -0.05) is 48.5 Å². The summed E-state index contributed by atoms with van der Waals surface area (Å²) in [4.78, 5) is 37.3. The first-order valence-corrected chi connectivity index (χ1v) is 13.9. The second kappa shape index (κ2) is 11.4. The second-order valence-corrected chi connectivity index (χ2v) is 10.4. The third-order valence-electron chi connectivity index (χ3n) is 7.67. The number of carbonyl (C=O) groups is 2. The molecule has 1 unspecified atom stereocenters. The normalized spacial score (nSPS) is 16.4. The summed E-state index contributed by atoms with van der Waals surface area (Å²) in [5.41, 5.74) is 4.36. The summed E-state index contributed by atoms with van der Waals surface area (Å²) in [5.74, 6) is -0.987. The Morgan fingerprint density at radius 1 is 0.952 bits per heavy atom. The Balaban J connectivity index is 1.36. The summed E-state index contributed by atoms with van der Waals surface area (Å²) in [5, 5.41) is 11.6. The van der Waals surface area contributed by atoms with E-state index < -0.39 is 17.7 Å². The zero-order valence-corrected chi connectivity index (χ0v) is 23.5. The number of likely N-dealkylation sites (tertiary alicyclic amines) is 1. The van der Waals surface area contributed by atoms with Crippen LogP contribution in [-0.2, 0) is 22.7 Å². The molecule has 1 aliphatic heterocycles. The number of aryl methyl sites for hydroxylation is 3. The van der Waals surface area contributed by atoms with Gasteiger partial charge in [-0.25, -0.2) is 9.97 Å². The summed E-state index contributed by atoms with van der Waals surface area (Å²) >= 11 is 0. The number of ether oxygens (including phenoxy) is 1. The first kappa shape index (κ1) is 27.0. The van der Waals surface area contributed by atoms with Gasteiger partial charge in [0.05, 0.1) is 23.6 Å². The summed E-state index contributed by atoms with van der Waals surface area (Å²) < 4.78 is 9.76. The molecule has 9 heteroatoms. The lowest BCUT2D eigenvalue weighted by Crippen LogP contribution is -2.31. The van der Waals surface area contributed by atoms with Crippen molar-refractivity contribution in [3.8, 4) is 5.75 Å². The summed E-state index contributed by atoms with van der Waals surface area (Å²) in [6.45, 7) is 5.14. The van der Waals surface area contributed by atoms with Gasteiger partial charge in [-0.3, -0.25) is 9.59 Å². The molecule has 0 aliphatic carbocycles. The van der Waals surface area contributed by atoms with Crippen LogP contribution in [-0.4, -0.2) is 47.2 Å². The molecule has 1 N–H and O–H groups in total. The van der Waals surface area contributed by atoms with Crippen molar-refractivity contribution in [1.82, 2.24) is 23.8 Å². The summed E-state index contributed by atoms with van der Waals surface area (Å²) in [6, 6.07) is 20.3. The lowest BCUT2D eigenvalue weighted by Gasteiger charge is -2.25. The van der Waals surface area contributed by atoms with Crippen LogP contribution < -0.4 is 4.74 Å². The number of amides is 1. The number of aromatic nitrogens is 4. The maximum Gasteiger partial charge on any atom is 0.295 e. The van der Waals surface area contributed by atoms with Crippen LogP contribution in [0.15, 0.2) is 97.2 Å². The molecule has 2 aromatic carbocycles. The number of pyridine rings is 1. The number of benzene rings is 2. The minimum Gasteiger partial charge on any atom is -0.505 e. The molecule has 1 amide bonds. The van der Waals surface area contributed by atoms with Crippen LogP contribution in [0, 0.1) is 13.8 Å². The molecule has 0 spiro atoms. The number of nitrogens with zero attached hydrogens (tertiary/aromatic N) is 5. The van der Waals surface area contributed by atoms with Crippen molar-refractivity contribution in [2.45, 2.75) is 39.5 Å². The van der Waals surface area contributed by atoms with Gasteiger partial charge in [0.25, 0.3) is 11.7 Å². The highest BCUT2D eigenvalue weighted by Crippen LogP contribution is 2.40. The molecule has 1 fully saturated rings. The highest BCUT2D eigenvalue weighted by atomic mass is 16.5. The Hall–Kier alpha value is -5.18. The van der Waals surface area contributed by atoms with Crippen molar-refractivity contribution in [2.75, 3.05) is 6.54 Å². The largest absolute Gasteiger partial charge is 0.505 e. The van der Waals surface area contributed by atoms with Crippen LogP contribution in [0.2, 0.25) is 0 Å². The summed E-state index contributed by atoms with van der Waals surface area (Å²) in [7, 11) is 0. The predicted molar refractivity (Wildman–Crippen MR) is 158 cm³/mol. The smallest absolute Gasteiger partial charge is 0.295 e. The number of carbonyl (C=O) groups excluding carboxylic acids is 2. The molecule has 1 saturated heterocycles. The fraction of sp³-hybridized carbons (Fsp3) is 0.212. The van der Waals surface area contributed by atoms with Crippen molar-refractivity contribution >= 4 is 23.1 Å². The van der Waals surface area contributed by atoms with E-state index in [1.807, 2.05) is 102 Å². The number of imidazole rings is 2. The van der Waals surface area contributed by atoms with Crippen LogP contribution >= 0.6 is 0 Å². The van der Waals surface area contributed by atoms with E-state index in [9.17, 15) is 14.7 Å². The lowest BCUT2D eigenvalue weighted by atomic mass is 9.96. The van der Waals surface area contributed by atoms with Crippen molar-refractivity contribution in [3.63, 3.8) is 0 Å². The minimum atomic E-state index is -0.777. The molecule has 1 aliphatic rings. The van der Waals surface area contributed by atoms with Gasteiger partial charge < -0.3 is 23.7 Å². The van der Waals surface area contributed by atoms with Gasteiger partial charge in [0.15, 0.2) is 5.76 Å². The zero-order valence-electron chi connectivity index (χ0n) is 23.5. The van der Waals surface area contributed by atoms with E-state index in [4.69, 9.17) is 4.74 Å². The van der Waals surface area contributed by atoms with Crippen LogP contribution in [0.1, 0.15) is 40.5 Å². The Bertz CT molecular complexity index is 1770. The third-order valence-corrected chi connectivity index (χ3v) is 7.67. The molecule has 42 heavy (non-hydrogen) atoms. The highest BCUT2D eigenvalue weighted by molar-refractivity contribution is 6.46. The monoisotopic (exact) mass is 561 g/mol. The van der Waals surface area contributed by atoms with Gasteiger partial charge >= 0.3 is 0 Å². The number of aliphatic hydroxyl groups excluding tert-OH is 1. The number of ketones is 1. The fourth-order valence-electron chi connectivity index (χ4n) is 5.46. The van der Waals surface area contributed by atoms with Gasteiger partial charge in [-0.05, 0) is 55.2 Å². The number of Topliss-reactive ketones (excluding diaryl/α,β-unsaturated/α-hetero) is 1. The van der Waals surface area contributed by atoms with E-state index >= 15 is 0 Å². The number of aliphatic hydroxyl groups is 1. The van der Waals surface area contributed by atoms with E-state index in [2.05, 4.69) is 9.97 Å². The van der Waals surface area contributed by atoms with Gasteiger partial charge in [-0.2, -0.15) is 0 Å². The fourth-order valence-corrected chi connectivity index (χ4v) is 5.46. The number of hydrogen-bond donors (Lipinski definition) is 1. The molecule has 9 nitrogen and oxygen atoms in total. The maximum absolute atomic E-state index is 13.5. The highest BCUT2D eigenvalue weighted by Gasteiger charge is 2.46. The number of rotatable bonds is 9. The van der Waals surface area contributed by atoms with Crippen molar-refractivity contribution < 1.29 is 19.4 Å². The Labute approximate surface area is 243 Å².